The number of amidine groups is 1. The first-order valence-corrected chi connectivity index (χ1v) is 14.6. The van der Waals surface area contributed by atoms with Gasteiger partial charge in [-0.25, -0.2) is 4.99 Å². The molecule has 2 amide bonds. The third kappa shape index (κ3) is 4.75. The van der Waals surface area contributed by atoms with Crippen LogP contribution in [0.25, 0.3) is 6.08 Å². The molecule has 2 heterocycles. The SMILES string of the molecule is O=C1/C(=C/c2ccccc2[N+](=O)[O-])N=C(c2ccccc2)N1c1ccc(C(=O)N2c3ccccc3Sc3ccccc32)cc1. The number of amides is 2. The molecule has 0 bridgehead atoms. The molecule has 0 aliphatic carbocycles. The number of nitrogens with zero attached hydrogens (tertiary/aromatic N) is 4. The van der Waals surface area contributed by atoms with Gasteiger partial charge >= 0.3 is 0 Å². The third-order valence-corrected chi connectivity index (χ3v) is 8.46. The average molecular weight is 595 g/mol. The summed E-state index contributed by atoms with van der Waals surface area (Å²) in [6, 6.07) is 37.9. The maximum Gasteiger partial charge on any atom is 0.282 e. The molecule has 0 fully saturated rings. The summed E-state index contributed by atoms with van der Waals surface area (Å²) in [4.78, 5) is 48.7. The molecule has 212 valence electrons. The molecule has 0 spiro atoms. The van der Waals surface area contributed by atoms with Crippen LogP contribution in [-0.4, -0.2) is 22.6 Å². The number of rotatable bonds is 5. The van der Waals surface area contributed by atoms with Gasteiger partial charge in [-0.2, -0.15) is 0 Å². The summed E-state index contributed by atoms with van der Waals surface area (Å²) in [7, 11) is 0. The van der Waals surface area contributed by atoms with E-state index in [4.69, 9.17) is 0 Å². The number of nitro groups is 1. The smallest absolute Gasteiger partial charge is 0.275 e. The zero-order valence-electron chi connectivity index (χ0n) is 23.0. The van der Waals surface area contributed by atoms with Gasteiger partial charge in [0.2, 0.25) is 0 Å². The minimum atomic E-state index is -0.487. The lowest BCUT2D eigenvalue weighted by Gasteiger charge is -2.31. The van der Waals surface area contributed by atoms with Gasteiger partial charge in [0.05, 0.1) is 27.5 Å². The van der Waals surface area contributed by atoms with Crippen molar-refractivity contribution in [1.82, 2.24) is 0 Å². The molecular formula is C35H22N4O4S. The zero-order valence-corrected chi connectivity index (χ0v) is 23.8. The molecule has 0 atom stereocenters. The number of carbonyl (C=O) groups excluding carboxylic acids is 2. The van der Waals surface area contributed by atoms with E-state index in [0.29, 0.717) is 22.6 Å². The lowest BCUT2D eigenvalue weighted by molar-refractivity contribution is -0.385. The van der Waals surface area contributed by atoms with Crippen molar-refractivity contribution in [2.75, 3.05) is 9.80 Å². The minimum absolute atomic E-state index is 0.0670. The quantitative estimate of drug-likeness (QED) is 0.117. The summed E-state index contributed by atoms with van der Waals surface area (Å²) < 4.78 is 0. The van der Waals surface area contributed by atoms with Crippen molar-refractivity contribution in [2.24, 2.45) is 4.99 Å². The van der Waals surface area contributed by atoms with Crippen LogP contribution in [0.3, 0.4) is 0 Å². The van der Waals surface area contributed by atoms with Crippen LogP contribution >= 0.6 is 11.8 Å². The van der Waals surface area contributed by atoms with E-state index in [1.807, 2.05) is 78.9 Å². The van der Waals surface area contributed by atoms with Gasteiger partial charge in [0.25, 0.3) is 17.5 Å². The van der Waals surface area contributed by atoms with E-state index in [2.05, 4.69) is 4.99 Å². The van der Waals surface area contributed by atoms with Gasteiger partial charge in [-0.15, -0.1) is 0 Å². The number of anilines is 3. The van der Waals surface area contributed by atoms with Crippen molar-refractivity contribution in [3.8, 4) is 0 Å². The molecule has 5 aromatic rings. The number of carbonyl (C=O) groups is 2. The van der Waals surface area contributed by atoms with Crippen molar-refractivity contribution < 1.29 is 14.5 Å². The van der Waals surface area contributed by atoms with E-state index in [-0.39, 0.29) is 22.9 Å². The average Bonchev–Trinajstić information content (AvgIpc) is 3.39. The second kappa shape index (κ2) is 11.1. The Bertz CT molecular complexity index is 1980. The molecule has 0 N–H and O–H groups in total. The Kier molecular flexibility index (Phi) is 6.84. The molecule has 8 nitrogen and oxygen atoms in total. The Balaban J connectivity index is 1.26. The van der Waals surface area contributed by atoms with E-state index >= 15 is 0 Å². The summed E-state index contributed by atoms with van der Waals surface area (Å²) in [5.41, 5.74) is 3.50. The van der Waals surface area contributed by atoms with Crippen LogP contribution < -0.4 is 9.80 Å². The lowest BCUT2D eigenvalue weighted by Crippen LogP contribution is -2.33. The number of fused-ring (bicyclic) bond motifs is 2. The number of hydrogen-bond acceptors (Lipinski definition) is 6. The van der Waals surface area contributed by atoms with E-state index in [1.54, 1.807) is 59.1 Å². The van der Waals surface area contributed by atoms with Crippen LogP contribution in [0.15, 0.2) is 148 Å². The van der Waals surface area contributed by atoms with Crippen LogP contribution in [0.2, 0.25) is 0 Å². The van der Waals surface area contributed by atoms with Gasteiger partial charge in [0.15, 0.2) is 0 Å². The fraction of sp³-hybridized carbons (Fsp3) is 0. The van der Waals surface area contributed by atoms with Crippen LogP contribution in [0, 0.1) is 10.1 Å². The first kappa shape index (κ1) is 27.1. The molecule has 5 aromatic carbocycles. The second-order valence-electron chi connectivity index (χ2n) is 10.0. The Hall–Kier alpha value is -5.80. The molecule has 2 aliphatic heterocycles. The molecule has 0 saturated heterocycles. The summed E-state index contributed by atoms with van der Waals surface area (Å²) in [6.07, 6.45) is 1.44. The summed E-state index contributed by atoms with van der Waals surface area (Å²) in [5.74, 6) is -0.245. The number of aliphatic imine (C=N–C) groups is 1. The minimum Gasteiger partial charge on any atom is -0.275 e. The molecule has 7 rings (SSSR count). The van der Waals surface area contributed by atoms with Gasteiger partial charge in [-0.1, -0.05) is 78.5 Å². The van der Waals surface area contributed by atoms with Gasteiger partial charge in [-0.05, 0) is 60.7 Å². The van der Waals surface area contributed by atoms with Gasteiger partial charge < -0.3 is 0 Å². The monoisotopic (exact) mass is 594 g/mol. The van der Waals surface area contributed by atoms with E-state index in [9.17, 15) is 19.7 Å². The van der Waals surface area contributed by atoms with Crippen LogP contribution in [0.5, 0.6) is 0 Å². The van der Waals surface area contributed by atoms with Crippen LogP contribution in [0.1, 0.15) is 21.5 Å². The molecule has 0 radical (unpaired) electrons. The van der Waals surface area contributed by atoms with Crippen molar-refractivity contribution in [1.29, 1.82) is 0 Å². The highest BCUT2D eigenvalue weighted by Gasteiger charge is 2.34. The number of hydrogen-bond donors (Lipinski definition) is 0. The van der Waals surface area contributed by atoms with E-state index in [0.717, 1.165) is 21.2 Å². The fourth-order valence-electron chi connectivity index (χ4n) is 5.27. The molecule has 0 saturated carbocycles. The van der Waals surface area contributed by atoms with E-state index in [1.165, 1.54) is 17.0 Å². The second-order valence-corrected chi connectivity index (χ2v) is 11.1. The predicted octanol–water partition coefficient (Wildman–Crippen LogP) is 7.87. The normalized spacial score (nSPS) is 14.7. The molecule has 2 aliphatic rings. The van der Waals surface area contributed by atoms with Crippen molar-refractivity contribution in [2.45, 2.75) is 9.79 Å². The Morgan fingerprint density at radius 3 is 2.00 bits per heavy atom. The molecule has 9 heteroatoms. The van der Waals surface area contributed by atoms with Gasteiger partial charge in [0.1, 0.15) is 11.5 Å². The molecule has 0 aromatic heterocycles. The summed E-state index contributed by atoms with van der Waals surface area (Å²) in [5, 5.41) is 11.6. The molecule has 44 heavy (non-hydrogen) atoms. The number of nitro benzene ring substituents is 1. The predicted molar refractivity (Wildman–Crippen MR) is 171 cm³/mol. The highest BCUT2D eigenvalue weighted by atomic mass is 32.2. The topological polar surface area (TPSA) is 96.1 Å². The Labute approximate surface area is 256 Å². The Morgan fingerprint density at radius 1 is 0.750 bits per heavy atom. The summed E-state index contributed by atoms with van der Waals surface area (Å²) in [6.45, 7) is 0. The van der Waals surface area contributed by atoms with E-state index < -0.39 is 10.8 Å². The van der Waals surface area contributed by atoms with Gasteiger partial charge in [-0.3, -0.25) is 29.5 Å². The number of para-hydroxylation sites is 3. The van der Waals surface area contributed by atoms with Crippen molar-refractivity contribution in [3.05, 3.63) is 160 Å². The van der Waals surface area contributed by atoms with Crippen LogP contribution in [-0.2, 0) is 4.79 Å². The maximum atomic E-state index is 14.0. The Morgan fingerprint density at radius 2 is 1.34 bits per heavy atom. The lowest BCUT2D eigenvalue weighted by atomic mass is 10.1. The first-order chi connectivity index (χ1) is 21.5. The maximum absolute atomic E-state index is 14.0. The third-order valence-electron chi connectivity index (χ3n) is 7.33. The standard InChI is InChI=1S/C35H22N4O4S/c40-34(38-29-14-6-8-16-31(29)44-32-17-9-7-15-30(32)38)24-18-20-26(21-19-24)37-33(23-10-2-1-3-11-23)36-27(35(37)41)22-25-12-4-5-13-28(25)39(42)43/h1-22H/b27-22-. The van der Waals surface area contributed by atoms with Gasteiger partial charge in [0, 0.05) is 27.0 Å². The van der Waals surface area contributed by atoms with Crippen LogP contribution in [0.4, 0.5) is 22.7 Å². The van der Waals surface area contributed by atoms with Crippen molar-refractivity contribution in [3.63, 3.8) is 0 Å². The highest BCUT2D eigenvalue weighted by molar-refractivity contribution is 7.99. The zero-order chi connectivity index (χ0) is 30.2. The molecular weight excluding hydrogens is 572 g/mol. The number of benzene rings is 5. The largest absolute Gasteiger partial charge is 0.282 e. The molecule has 0 unspecified atom stereocenters. The van der Waals surface area contributed by atoms with Crippen molar-refractivity contribution >= 4 is 58.2 Å². The first-order valence-electron chi connectivity index (χ1n) is 13.7. The fourth-order valence-corrected chi connectivity index (χ4v) is 6.32. The summed E-state index contributed by atoms with van der Waals surface area (Å²) >= 11 is 1.63. The highest BCUT2D eigenvalue weighted by Crippen LogP contribution is 2.48.